The summed E-state index contributed by atoms with van der Waals surface area (Å²) in [5, 5.41) is 3.50. The standard InChI is InChI=1S/C18H34N2O/c1-6-16(7-2)13-20(8-3)14-18-17(9-10-21-18)12-19-11-15(4)5/h9-10,15-16,19H,6-8,11-14H2,1-5H3. The van der Waals surface area contributed by atoms with Gasteiger partial charge in [-0.3, -0.25) is 4.90 Å². The van der Waals surface area contributed by atoms with Crippen LogP contribution in [0.1, 0.15) is 58.8 Å². The fourth-order valence-corrected chi connectivity index (χ4v) is 2.58. The van der Waals surface area contributed by atoms with E-state index in [2.05, 4.69) is 50.9 Å². The first-order valence-electron chi connectivity index (χ1n) is 8.58. The molecule has 3 nitrogen and oxygen atoms in total. The molecular formula is C18H34N2O. The average Bonchev–Trinajstić information content (AvgIpc) is 2.90. The van der Waals surface area contributed by atoms with E-state index >= 15 is 0 Å². The highest BCUT2D eigenvalue weighted by Crippen LogP contribution is 2.16. The molecule has 0 saturated heterocycles. The minimum Gasteiger partial charge on any atom is -0.468 e. The summed E-state index contributed by atoms with van der Waals surface area (Å²) in [6.07, 6.45) is 4.34. The lowest BCUT2D eigenvalue weighted by atomic mass is 10.0. The van der Waals surface area contributed by atoms with Crippen LogP contribution in [0.3, 0.4) is 0 Å². The molecule has 1 aromatic rings. The van der Waals surface area contributed by atoms with Crippen molar-refractivity contribution >= 4 is 0 Å². The molecule has 0 aromatic carbocycles. The van der Waals surface area contributed by atoms with Crippen LogP contribution in [-0.4, -0.2) is 24.5 Å². The van der Waals surface area contributed by atoms with Gasteiger partial charge < -0.3 is 9.73 Å². The Morgan fingerprint density at radius 3 is 2.48 bits per heavy atom. The van der Waals surface area contributed by atoms with E-state index in [1.165, 1.54) is 24.9 Å². The van der Waals surface area contributed by atoms with Crippen LogP contribution < -0.4 is 5.32 Å². The van der Waals surface area contributed by atoms with Gasteiger partial charge in [-0.05, 0) is 31.0 Å². The lowest BCUT2D eigenvalue weighted by Gasteiger charge is -2.24. The molecule has 1 aromatic heterocycles. The highest BCUT2D eigenvalue weighted by molar-refractivity contribution is 5.16. The number of nitrogens with zero attached hydrogens (tertiary/aromatic N) is 1. The van der Waals surface area contributed by atoms with Crippen LogP contribution in [0.5, 0.6) is 0 Å². The average molecular weight is 294 g/mol. The first kappa shape index (κ1) is 18.2. The van der Waals surface area contributed by atoms with Gasteiger partial charge in [-0.15, -0.1) is 0 Å². The van der Waals surface area contributed by atoms with Gasteiger partial charge in [0.25, 0.3) is 0 Å². The van der Waals surface area contributed by atoms with Gasteiger partial charge in [0.15, 0.2) is 0 Å². The number of furan rings is 1. The Bertz CT molecular complexity index is 369. The van der Waals surface area contributed by atoms with E-state index in [4.69, 9.17) is 4.42 Å². The van der Waals surface area contributed by atoms with Crippen molar-refractivity contribution in [2.45, 2.75) is 60.5 Å². The molecular weight excluding hydrogens is 260 g/mol. The SMILES string of the molecule is CCC(CC)CN(CC)Cc1occc1CNCC(C)C. The number of hydrogen-bond acceptors (Lipinski definition) is 3. The van der Waals surface area contributed by atoms with E-state index in [1.807, 2.05) is 6.26 Å². The van der Waals surface area contributed by atoms with Crippen LogP contribution in [0.2, 0.25) is 0 Å². The topological polar surface area (TPSA) is 28.4 Å². The Morgan fingerprint density at radius 2 is 1.90 bits per heavy atom. The summed E-state index contributed by atoms with van der Waals surface area (Å²) < 4.78 is 5.72. The summed E-state index contributed by atoms with van der Waals surface area (Å²) in [6, 6.07) is 2.10. The number of hydrogen-bond donors (Lipinski definition) is 1. The molecule has 0 spiro atoms. The Kier molecular flexibility index (Phi) is 8.70. The Balaban J connectivity index is 2.54. The molecule has 1 rings (SSSR count). The molecule has 3 heteroatoms. The fourth-order valence-electron chi connectivity index (χ4n) is 2.58. The van der Waals surface area contributed by atoms with Crippen molar-refractivity contribution in [1.82, 2.24) is 10.2 Å². The second-order valence-corrected chi connectivity index (χ2v) is 6.40. The van der Waals surface area contributed by atoms with Crippen molar-refractivity contribution in [2.24, 2.45) is 11.8 Å². The number of nitrogens with one attached hydrogen (secondary N) is 1. The van der Waals surface area contributed by atoms with Gasteiger partial charge >= 0.3 is 0 Å². The van der Waals surface area contributed by atoms with Crippen molar-refractivity contribution in [3.8, 4) is 0 Å². The lowest BCUT2D eigenvalue weighted by molar-refractivity contribution is 0.210. The van der Waals surface area contributed by atoms with Gasteiger partial charge in [-0.25, -0.2) is 0 Å². The zero-order chi connectivity index (χ0) is 15.7. The molecule has 1 heterocycles. The third kappa shape index (κ3) is 6.66. The maximum absolute atomic E-state index is 5.72. The normalized spacial score (nSPS) is 12.0. The van der Waals surface area contributed by atoms with Crippen LogP contribution in [-0.2, 0) is 13.1 Å². The Hall–Kier alpha value is -0.800. The molecule has 1 N–H and O–H groups in total. The predicted molar refractivity (Wildman–Crippen MR) is 90.3 cm³/mol. The Morgan fingerprint density at radius 1 is 1.19 bits per heavy atom. The van der Waals surface area contributed by atoms with Crippen molar-refractivity contribution in [3.63, 3.8) is 0 Å². The highest BCUT2D eigenvalue weighted by Gasteiger charge is 2.14. The van der Waals surface area contributed by atoms with Crippen LogP contribution in [0.25, 0.3) is 0 Å². The van der Waals surface area contributed by atoms with E-state index in [-0.39, 0.29) is 0 Å². The fraction of sp³-hybridized carbons (Fsp3) is 0.778. The molecule has 0 aliphatic heterocycles. The first-order chi connectivity index (χ1) is 10.1. The quantitative estimate of drug-likeness (QED) is 0.660. The third-order valence-electron chi connectivity index (χ3n) is 4.19. The summed E-state index contributed by atoms with van der Waals surface area (Å²) >= 11 is 0. The smallest absolute Gasteiger partial charge is 0.122 e. The monoisotopic (exact) mass is 294 g/mol. The van der Waals surface area contributed by atoms with E-state index in [9.17, 15) is 0 Å². The Labute approximate surface area is 131 Å². The minimum atomic E-state index is 0.683. The molecule has 0 radical (unpaired) electrons. The lowest BCUT2D eigenvalue weighted by Crippen LogP contribution is -2.29. The van der Waals surface area contributed by atoms with Crippen molar-refractivity contribution in [2.75, 3.05) is 19.6 Å². The van der Waals surface area contributed by atoms with Gasteiger partial charge in [0.1, 0.15) is 5.76 Å². The second kappa shape index (κ2) is 10.0. The van der Waals surface area contributed by atoms with Gasteiger partial charge in [0.05, 0.1) is 12.8 Å². The summed E-state index contributed by atoms with van der Waals surface area (Å²) in [4.78, 5) is 2.50. The molecule has 0 saturated carbocycles. The summed E-state index contributed by atoms with van der Waals surface area (Å²) in [5.41, 5.74) is 1.30. The van der Waals surface area contributed by atoms with Crippen LogP contribution in [0.15, 0.2) is 16.7 Å². The first-order valence-corrected chi connectivity index (χ1v) is 8.58. The zero-order valence-electron chi connectivity index (χ0n) is 14.6. The van der Waals surface area contributed by atoms with Crippen molar-refractivity contribution in [3.05, 3.63) is 23.7 Å². The molecule has 0 atom stereocenters. The summed E-state index contributed by atoms with van der Waals surface area (Å²) in [6.45, 7) is 16.4. The molecule has 0 aliphatic carbocycles. The molecule has 21 heavy (non-hydrogen) atoms. The van der Waals surface area contributed by atoms with Crippen LogP contribution in [0, 0.1) is 11.8 Å². The van der Waals surface area contributed by atoms with Gasteiger partial charge in [0, 0.05) is 18.7 Å². The van der Waals surface area contributed by atoms with Gasteiger partial charge in [-0.2, -0.15) is 0 Å². The maximum atomic E-state index is 5.72. The largest absolute Gasteiger partial charge is 0.468 e. The van der Waals surface area contributed by atoms with Crippen LogP contribution in [0.4, 0.5) is 0 Å². The van der Waals surface area contributed by atoms with E-state index in [1.54, 1.807) is 0 Å². The zero-order valence-corrected chi connectivity index (χ0v) is 14.6. The van der Waals surface area contributed by atoms with Gasteiger partial charge in [-0.1, -0.05) is 47.5 Å². The maximum Gasteiger partial charge on any atom is 0.122 e. The number of rotatable bonds is 11. The third-order valence-corrected chi connectivity index (χ3v) is 4.19. The van der Waals surface area contributed by atoms with E-state index in [0.717, 1.165) is 37.9 Å². The van der Waals surface area contributed by atoms with Gasteiger partial charge in [0.2, 0.25) is 0 Å². The molecule has 0 amide bonds. The molecule has 0 fully saturated rings. The summed E-state index contributed by atoms with van der Waals surface area (Å²) in [7, 11) is 0. The highest BCUT2D eigenvalue weighted by atomic mass is 16.3. The molecule has 0 aliphatic rings. The molecule has 0 bridgehead atoms. The minimum absolute atomic E-state index is 0.683. The summed E-state index contributed by atoms with van der Waals surface area (Å²) in [5.74, 6) is 2.60. The molecule has 0 unspecified atom stereocenters. The van der Waals surface area contributed by atoms with Crippen molar-refractivity contribution < 1.29 is 4.42 Å². The van der Waals surface area contributed by atoms with Crippen molar-refractivity contribution in [1.29, 1.82) is 0 Å². The van der Waals surface area contributed by atoms with Crippen LogP contribution >= 0.6 is 0 Å². The van der Waals surface area contributed by atoms with E-state index < -0.39 is 0 Å². The second-order valence-electron chi connectivity index (χ2n) is 6.40. The predicted octanol–water partition coefficient (Wildman–Crippen LogP) is 4.28. The molecule has 122 valence electrons. The van der Waals surface area contributed by atoms with E-state index in [0.29, 0.717) is 5.92 Å².